The van der Waals surface area contributed by atoms with Crippen molar-refractivity contribution in [2.24, 2.45) is 0 Å². The number of alkyl halides is 1. The Hall–Kier alpha value is -0.740. The zero-order chi connectivity index (χ0) is 15.8. The molecule has 0 aliphatic heterocycles. The molecule has 0 saturated carbocycles. The molecule has 0 aliphatic carbocycles. The maximum Gasteiger partial charge on any atom is 0.131 e. The minimum absolute atomic E-state index is 0.0294. The van der Waals surface area contributed by atoms with Gasteiger partial charge in [-0.1, -0.05) is 76.9 Å². The van der Waals surface area contributed by atoms with Gasteiger partial charge >= 0.3 is 0 Å². The van der Waals surface area contributed by atoms with Crippen LogP contribution >= 0.6 is 31.9 Å². The standard InChI is InChI=1S/C17H16Br2F2/c1-17(2,3)11-6-4-10(5-7-11)16(19)15-13(20)8-12(18)9-14(15)21/h4-9,16H,1-3H3. The van der Waals surface area contributed by atoms with Crippen LogP contribution in [-0.4, -0.2) is 0 Å². The summed E-state index contributed by atoms with van der Waals surface area (Å²) in [6.07, 6.45) is 0. The van der Waals surface area contributed by atoms with Crippen LogP contribution in [0.25, 0.3) is 0 Å². The van der Waals surface area contributed by atoms with Gasteiger partial charge in [0.05, 0.1) is 4.83 Å². The molecule has 0 saturated heterocycles. The van der Waals surface area contributed by atoms with Crippen LogP contribution in [0.3, 0.4) is 0 Å². The second-order valence-electron chi connectivity index (χ2n) is 6.02. The van der Waals surface area contributed by atoms with Crippen molar-refractivity contribution in [2.45, 2.75) is 31.0 Å². The number of hydrogen-bond donors (Lipinski definition) is 0. The summed E-state index contributed by atoms with van der Waals surface area (Å²) in [5.41, 5.74) is 2.08. The average molecular weight is 418 g/mol. The molecule has 0 amide bonds. The molecule has 112 valence electrons. The summed E-state index contributed by atoms with van der Waals surface area (Å²) in [7, 11) is 0. The Balaban J connectivity index is 2.39. The Bertz CT molecular complexity index is 620. The van der Waals surface area contributed by atoms with Gasteiger partial charge in [0.1, 0.15) is 11.6 Å². The van der Waals surface area contributed by atoms with Gasteiger partial charge in [0, 0.05) is 10.0 Å². The van der Waals surface area contributed by atoms with Gasteiger partial charge in [-0.2, -0.15) is 0 Å². The van der Waals surface area contributed by atoms with E-state index in [9.17, 15) is 8.78 Å². The lowest BCUT2D eigenvalue weighted by Crippen LogP contribution is -2.11. The van der Waals surface area contributed by atoms with Gasteiger partial charge in [0.25, 0.3) is 0 Å². The zero-order valence-electron chi connectivity index (χ0n) is 12.1. The van der Waals surface area contributed by atoms with E-state index in [1.54, 1.807) is 0 Å². The van der Waals surface area contributed by atoms with Crippen molar-refractivity contribution in [3.63, 3.8) is 0 Å². The minimum Gasteiger partial charge on any atom is -0.206 e. The molecule has 4 heteroatoms. The van der Waals surface area contributed by atoms with Crippen molar-refractivity contribution in [2.75, 3.05) is 0 Å². The topological polar surface area (TPSA) is 0 Å². The SMILES string of the molecule is CC(C)(C)c1ccc(C(Br)c2c(F)cc(Br)cc2F)cc1. The van der Waals surface area contributed by atoms with E-state index in [0.717, 1.165) is 5.56 Å². The molecule has 2 rings (SSSR count). The summed E-state index contributed by atoms with van der Waals surface area (Å²) < 4.78 is 28.4. The van der Waals surface area contributed by atoms with Gasteiger partial charge in [-0.25, -0.2) is 8.78 Å². The highest BCUT2D eigenvalue weighted by Crippen LogP contribution is 2.36. The third kappa shape index (κ3) is 3.72. The third-order valence-corrected chi connectivity index (χ3v) is 4.81. The first-order valence-corrected chi connectivity index (χ1v) is 8.30. The zero-order valence-corrected chi connectivity index (χ0v) is 15.2. The molecule has 1 atom stereocenters. The van der Waals surface area contributed by atoms with E-state index >= 15 is 0 Å². The van der Waals surface area contributed by atoms with E-state index in [1.165, 1.54) is 17.7 Å². The van der Waals surface area contributed by atoms with Crippen LogP contribution in [0.5, 0.6) is 0 Å². The molecule has 0 aromatic heterocycles. The number of halogens is 4. The van der Waals surface area contributed by atoms with Crippen LogP contribution in [0.4, 0.5) is 8.78 Å². The van der Waals surface area contributed by atoms with Crippen LogP contribution in [0.2, 0.25) is 0 Å². The number of hydrogen-bond acceptors (Lipinski definition) is 0. The van der Waals surface area contributed by atoms with E-state index in [2.05, 4.69) is 52.6 Å². The molecule has 0 nitrogen and oxygen atoms in total. The monoisotopic (exact) mass is 416 g/mol. The highest BCUT2D eigenvalue weighted by atomic mass is 79.9. The number of rotatable bonds is 2. The van der Waals surface area contributed by atoms with Gasteiger partial charge in [-0.05, 0) is 28.7 Å². The van der Waals surface area contributed by atoms with Gasteiger partial charge in [0.15, 0.2) is 0 Å². The number of benzene rings is 2. The summed E-state index contributed by atoms with van der Waals surface area (Å²) in [5.74, 6) is -1.13. The molecule has 21 heavy (non-hydrogen) atoms. The summed E-state index contributed by atoms with van der Waals surface area (Å²) in [6, 6.07) is 10.4. The third-order valence-electron chi connectivity index (χ3n) is 3.37. The molecule has 0 aliphatic rings. The Morgan fingerprint density at radius 1 is 0.952 bits per heavy atom. The lowest BCUT2D eigenvalue weighted by molar-refractivity contribution is 0.559. The lowest BCUT2D eigenvalue weighted by Gasteiger charge is -2.20. The largest absolute Gasteiger partial charge is 0.206 e. The first kappa shape index (κ1) is 16.6. The summed E-state index contributed by atoms with van der Waals surface area (Å²) >= 11 is 6.49. The molecule has 0 bridgehead atoms. The van der Waals surface area contributed by atoms with Crippen molar-refractivity contribution in [3.8, 4) is 0 Å². The second-order valence-corrected chi connectivity index (χ2v) is 7.85. The molecule has 0 spiro atoms. The van der Waals surface area contributed by atoms with Gasteiger partial charge in [-0.15, -0.1) is 0 Å². The van der Waals surface area contributed by atoms with Crippen molar-refractivity contribution < 1.29 is 8.78 Å². The fourth-order valence-electron chi connectivity index (χ4n) is 2.11. The lowest BCUT2D eigenvalue weighted by atomic mass is 9.86. The van der Waals surface area contributed by atoms with Crippen molar-refractivity contribution >= 4 is 31.9 Å². The second kappa shape index (κ2) is 6.17. The van der Waals surface area contributed by atoms with Crippen molar-refractivity contribution in [1.29, 1.82) is 0 Å². The molecule has 0 heterocycles. The quantitative estimate of drug-likeness (QED) is 0.488. The smallest absolute Gasteiger partial charge is 0.131 e. The fraction of sp³-hybridized carbons (Fsp3) is 0.294. The normalized spacial score (nSPS) is 13.3. The molecular formula is C17H16Br2F2. The van der Waals surface area contributed by atoms with Crippen LogP contribution in [-0.2, 0) is 5.41 Å². The van der Waals surface area contributed by atoms with E-state index in [0.29, 0.717) is 4.47 Å². The Morgan fingerprint density at radius 2 is 1.43 bits per heavy atom. The average Bonchev–Trinajstić information content (AvgIpc) is 2.36. The summed E-state index contributed by atoms with van der Waals surface area (Å²) in [4.78, 5) is -0.514. The molecule has 0 radical (unpaired) electrons. The Labute approximate surface area is 140 Å². The van der Waals surface area contributed by atoms with Gasteiger partial charge in [0.2, 0.25) is 0 Å². The molecular weight excluding hydrogens is 402 g/mol. The van der Waals surface area contributed by atoms with Crippen LogP contribution in [0.1, 0.15) is 42.3 Å². The molecule has 2 aromatic rings. The predicted molar refractivity (Wildman–Crippen MR) is 90.0 cm³/mol. The van der Waals surface area contributed by atoms with Crippen LogP contribution in [0.15, 0.2) is 40.9 Å². The summed E-state index contributed by atoms with van der Waals surface area (Å²) in [6.45, 7) is 6.38. The Kier molecular flexibility index (Phi) is 4.89. The van der Waals surface area contributed by atoms with Crippen molar-refractivity contribution in [1.82, 2.24) is 0 Å². The van der Waals surface area contributed by atoms with Crippen molar-refractivity contribution in [3.05, 3.63) is 69.2 Å². The Morgan fingerprint density at radius 3 is 1.86 bits per heavy atom. The molecule has 0 fully saturated rings. The van der Waals surface area contributed by atoms with E-state index < -0.39 is 16.5 Å². The van der Waals surface area contributed by atoms with Gasteiger partial charge < -0.3 is 0 Å². The van der Waals surface area contributed by atoms with Crippen LogP contribution < -0.4 is 0 Å². The highest BCUT2D eigenvalue weighted by Gasteiger charge is 2.21. The van der Waals surface area contributed by atoms with E-state index in [-0.39, 0.29) is 11.0 Å². The molecule has 0 N–H and O–H groups in total. The van der Waals surface area contributed by atoms with Gasteiger partial charge in [-0.3, -0.25) is 0 Å². The minimum atomic E-state index is -0.566. The highest BCUT2D eigenvalue weighted by molar-refractivity contribution is 9.10. The predicted octanol–water partition coefficient (Wildman–Crippen LogP) is 6.51. The first-order chi connectivity index (χ1) is 9.70. The van der Waals surface area contributed by atoms with E-state index in [1.807, 2.05) is 24.3 Å². The maximum absolute atomic E-state index is 14.0. The first-order valence-electron chi connectivity index (χ1n) is 6.59. The molecule has 2 aromatic carbocycles. The molecule has 1 unspecified atom stereocenters. The summed E-state index contributed by atoms with van der Waals surface area (Å²) in [5, 5.41) is 0. The van der Waals surface area contributed by atoms with Crippen LogP contribution in [0, 0.1) is 11.6 Å². The fourth-order valence-corrected chi connectivity index (χ4v) is 3.26. The van der Waals surface area contributed by atoms with E-state index in [4.69, 9.17) is 0 Å². The maximum atomic E-state index is 14.0.